The van der Waals surface area contributed by atoms with E-state index in [0.717, 1.165) is 11.4 Å². The molecule has 1 heterocycles. The van der Waals surface area contributed by atoms with E-state index in [1.807, 2.05) is 49.4 Å². The second-order valence-electron chi connectivity index (χ2n) is 6.07. The molecule has 5 nitrogen and oxygen atoms in total. The molecular weight excluding hydrogens is 326 g/mol. The van der Waals surface area contributed by atoms with E-state index in [-0.39, 0.29) is 11.5 Å². The van der Waals surface area contributed by atoms with Crippen LogP contribution in [0.2, 0.25) is 0 Å². The first-order chi connectivity index (χ1) is 12.7. The quantitative estimate of drug-likeness (QED) is 0.704. The van der Waals surface area contributed by atoms with Gasteiger partial charge in [-0.3, -0.25) is 9.36 Å². The van der Waals surface area contributed by atoms with Crippen molar-refractivity contribution in [2.45, 2.75) is 19.8 Å². The molecule has 1 N–H and O–H groups in total. The molecular formula is C21H23N3O2. The Bertz CT molecular complexity index is 889. The van der Waals surface area contributed by atoms with Gasteiger partial charge >= 0.3 is 0 Å². The Morgan fingerprint density at radius 3 is 2.54 bits per heavy atom. The molecule has 0 unspecified atom stereocenters. The first-order valence-electron chi connectivity index (χ1n) is 8.78. The summed E-state index contributed by atoms with van der Waals surface area (Å²) in [5, 5.41) is 3.18. The predicted octanol–water partition coefficient (Wildman–Crippen LogP) is 3.85. The van der Waals surface area contributed by atoms with Crippen LogP contribution in [-0.4, -0.2) is 22.7 Å². The second kappa shape index (κ2) is 8.34. The van der Waals surface area contributed by atoms with Gasteiger partial charge in [-0.05, 0) is 42.7 Å². The molecule has 0 aliphatic heterocycles. The Morgan fingerprint density at radius 2 is 1.85 bits per heavy atom. The molecule has 0 fully saturated rings. The fraction of sp³-hybridized carbons (Fsp3) is 0.238. The van der Waals surface area contributed by atoms with Gasteiger partial charge in [0, 0.05) is 24.6 Å². The van der Waals surface area contributed by atoms with Crippen molar-refractivity contribution in [2.24, 2.45) is 0 Å². The first-order valence-corrected chi connectivity index (χ1v) is 8.78. The number of ether oxygens (including phenoxy) is 1. The lowest BCUT2D eigenvalue weighted by Crippen LogP contribution is -2.24. The van der Waals surface area contributed by atoms with Gasteiger partial charge in [-0.15, -0.1) is 0 Å². The van der Waals surface area contributed by atoms with Gasteiger partial charge in [-0.2, -0.15) is 0 Å². The Morgan fingerprint density at radius 1 is 1.12 bits per heavy atom. The maximum Gasteiger partial charge on any atom is 0.297 e. The van der Waals surface area contributed by atoms with Crippen molar-refractivity contribution in [3.8, 4) is 11.4 Å². The third-order valence-electron chi connectivity index (χ3n) is 4.21. The summed E-state index contributed by atoms with van der Waals surface area (Å²) >= 11 is 0. The lowest BCUT2D eigenvalue weighted by molar-refractivity contribution is 0.340. The molecule has 134 valence electrons. The van der Waals surface area contributed by atoms with Crippen LogP contribution in [0.5, 0.6) is 5.75 Å². The molecule has 0 aliphatic rings. The minimum absolute atomic E-state index is 0.170. The zero-order valence-corrected chi connectivity index (χ0v) is 15.1. The highest BCUT2D eigenvalue weighted by Gasteiger charge is 2.09. The van der Waals surface area contributed by atoms with Gasteiger partial charge < -0.3 is 10.1 Å². The van der Waals surface area contributed by atoms with Crippen molar-refractivity contribution in [1.29, 1.82) is 0 Å². The Kier molecular flexibility index (Phi) is 5.69. The van der Waals surface area contributed by atoms with E-state index < -0.39 is 0 Å². The maximum absolute atomic E-state index is 12.7. The largest absolute Gasteiger partial charge is 0.494 e. The van der Waals surface area contributed by atoms with Gasteiger partial charge in [-0.1, -0.05) is 37.3 Å². The summed E-state index contributed by atoms with van der Waals surface area (Å²) < 4.78 is 7.03. The number of benzene rings is 2. The summed E-state index contributed by atoms with van der Waals surface area (Å²) in [6, 6.07) is 17.7. The third-order valence-corrected chi connectivity index (χ3v) is 4.21. The molecule has 5 heteroatoms. The van der Waals surface area contributed by atoms with Crippen LogP contribution in [0.1, 0.15) is 25.3 Å². The molecule has 2 aromatic carbocycles. The minimum atomic E-state index is -0.170. The van der Waals surface area contributed by atoms with Crippen LogP contribution < -0.4 is 15.6 Å². The highest BCUT2D eigenvalue weighted by Crippen LogP contribution is 2.16. The van der Waals surface area contributed by atoms with Crippen molar-refractivity contribution in [3.63, 3.8) is 0 Å². The number of nitrogens with zero attached hydrogens (tertiary/aromatic N) is 2. The van der Waals surface area contributed by atoms with Crippen LogP contribution in [0.25, 0.3) is 5.69 Å². The van der Waals surface area contributed by atoms with E-state index in [2.05, 4.69) is 29.4 Å². The average molecular weight is 349 g/mol. The summed E-state index contributed by atoms with van der Waals surface area (Å²) in [5.74, 6) is 1.41. The van der Waals surface area contributed by atoms with E-state index in [1.54, 1.807) is 17.0 Å². The number of rotatable bonds is 7. The number of nitrogens with one attached hydrogen (secondary N) is 1. The van der Waals surface area contributed by atoms with E-state index in [0.29, 0.717) is 19.0 Å². The van der Waals surface area contributed by atoms with Crippen LogP contribution in [0.15, 0.2) is 71.8 Å². The van der Waals surface area contributed by atoms with Crippen LogP contribution in [0.3, 0.4) is 0 Å². The van der Waals surface area contributed by atoms with Crippen molar-refractivity contribution >= 4 is 5.82 Å². The molecule has 0 saturated heterocycles. The zero-order chi connectivity index (χ0) is 18.4. The number of hydrogen-bond donors (Lipinski definition) is 1. The van der Waals surface area contributed by atoms with Crippen molar-refractivity contribution < 1.29 is 4.74 Å². The zero-order valence-electron chi connectivity index (χ0n) is 15.1. The SMILES string of the molecule is CCOc1ccc(-n2ccnc(NC[C@H](C)c3ccccc3)c2=O)cc1. The molecule has 1 atom stereocenters. The molecule has 1 aromatic heterocycles. The van der Waals surface area contributed by atoms with Gasteiger partial charge in [-0.25, -0.2) is 4.98 Å². The van der Waals surface area contributed by atoms with E-state index in [1.165, 1.54) is 5.56 Å². The Balaban J connectivity index is 1.76. The highest BCUT2D eigenvalue weighted by molar-refractivity contribution is 5.41. The monoisotopic (exact) mass is 349 g/mol. The van der Waals surface area contributed by atoms with Gasteiger partial charge in [0.05, 0.1) is 6.61 Å². The second-order valence-corrected chi connectivity index (χ2v) is 6.07. The number of hydrogen-bond acceptors (Lipinski definition) is 4. The van der Waals surface area contributed by atoms with Crippen LogP contribution in [0.4, 0.5) is 5.82 Å². The molecule has 0 saturated carbocycles. The van der Waals surface area contributed by atoms with Crippen molar-refractivity contribution in [2.75, 3.05) is 18.5 Å². The molecule has 0 aliphatic carbocycles. The van der Waals surface area contributed by atoms with Gasteiger partial charge in [0.2, 0.25) is 0 Å². The van der Waals surface area contributed by atoms with Crippen molar-refractivity contribution in [3.05, 3.63) is 82.9 Å². The van der Waals surface area contributed by atoms with E-state index in [4.69, 9.17) is 4.74 Å². The summed E-state index contributed by atoms with van der Waals surface area (Å²) in [6.45, 7) is 5.31. The van der Waals surface area contributed by atoms with Gasteiger partial charge in [0.25, 0.3) is 5.56 Å². The number of aromatic nitrogens is 2. The topological polar surface area (TPSA) is 56.1 Å². The summed E-state index contributed by atoms with van der Waals surface area (Å²) in [7, 11) is 0. The summed E-state index contributed by atoms with van der Waals surface area (Å²) in [4.78, 5) is 16.9. The van der Waals surface area contributed by atoms with Crippen molar-refractivity contribution in [1.82, 2.24) is 9.55 Å². The smallest absolute Gasteiger partial charge is 0.297 e. The predicted molar refractivity (Wildman–Crippen MR) is 104 cm³/mol. The Labute approximate surface area is 153 Å². The molecule has 26 heavy (non-hydrogen) atoms. The first kappa shape index (κ1) is 17.7. The normalized spacial score (nSPS) is 11.8. The molecule has 3 rings (SSSR count). The maximum atomic E-state index is 12.7. The third kappa shape index (κ3) is 4.11. The highest BCUT2D eigenvalue weighted by atomic mass is 16.5. The Hall–Kier alpha value is -3.08. The standard InChI is InChI=1S/C21H23N3O2/c1-3-26-19-11-9-18(10-12-19)24-14-13-22-20(21(24)25)23-15-16(2)17-7-5-4-6-8-17/h4-14,16H,3,15H2,1-2H3,(H,22,23)/t16-/m0/s1. The average Bonchev–Trinajstić information content (AvgIpc) is 2.69. The van der Waals surface area contributed by atoms with Gasteiger partial charge in [0.1, 0.15) is 5.75 Å². The fourth-order valence-corrected chi connectivity index (χ4v) is 2.75. The lowest BCUT2D eigenvalue weighted by atomic mass is 10.0. The summed E-state index contributed by atoms with van der Waals surface area (Å²) in [5.41, 5.74) is 1.83. The van der Waals surface area contributed by atoms with Crippen LogP contribution in [0, 0.1) is 0 Å². The molecule has 0 bridgehead atoms. The van der Waals surface area contributed by atoms with E-state index >= 15 is 0 Å². The van der Waals surface area contributed by atoms with Crippen LogP contribution in [-0.2, 0) is 0 Å². The van der Waals surface area contributed by atoms with Gasteiger partial charge in [0.15, 0.2) is 5.82 Å². The lowest BCUT2D eigenvalue weighted by Gasteiger charge is -2.14. The minimum Gasteiger partial charge on any atom is -0.494 e. The van der Waals surface area contributed by atoms with E-state index in [9.17, 15) is 4.79 Å². The summed E-state index contributed by atoms with van der Waals surface area (Å²) in [6.07, 6.45) is 3.30. The molecule has 0 radical (unpaired) electrons. The van der Waals surface area contributed by atoms with Crippen LogP contribution >= 0.6 is 0 Å². The number of anilines is 1. The fourth-order valence-electron chi connectivity index (χ4n) is 2.75. The molecule has 0 spiro atoms. The molecule has 3 aromatic rings. The molecule has 0 amide bonds.